The van der Waals surface area contributed by atoms with E-state index in [4.69, 9.17) is 14.2 Å². The maximum Gasteiger partial charge on any atom is 0.407 e. The van der Waals surface area contributed by atoms with Gasteiger partial charge in [-0.2, -0.15) is 0 Å². The van der Waals surface area contributed by atoms with Crippen molar-refractivity contribution in [2.45, 2.75) is 63.1 Å². The number of nitrogens with zero attached hydrogens (tertiary/aromatic N) is 2. The molecule has 2 aliphatic carbocycles. The summed E-state index contributed by atoms with van der Waals surface area (Å²) in [6, 6.07) is 29.4. The van der Waals surface area contributed by atoms with Gasteiger partial charge in [-0.1, -0.05) is 97.1 Å². The van der Waals surface area contributed by atoms with Crippen LogP contribution in [0.1, 0.15) is 67.7 Å². The first-order valence-electron chi connectivity index (χ1n) is 19.5. The number of carboxylic acid groups (broad SMARTS) is 1. The van der Waals surface area contributed by atoms with E-state index in [1.54, 1.807) is 34.9 Å². The standard InChI is InChI=1S/C25H30N2O5.C21H22N2O5/c1-25(2,3)32-23(29)21(14-22(28)27(4)5)26-24(30)31-15-20-18-12-8-6-10-16(18)17-11-7-9-13-19(17)20;1-23(2)19(24)11-18(20(25)26)22-21(27)28-12-17-15-9-5-3-7-13(15)14-8-4-6-10-16(14)17/h6-13,20-21H,14-15H2,1-5H3,(H,26,30);3-10,17-18H,11-12H2,1-2H3,(H,22,27)(H,25,26)/t21-;18-/m00/s1. The minimum atomic E-state index is -1.34. The highest BCUT2D eigenvalue weighted by Gasteiger charge is 2.33. The van der Waals surface area contributed by atoms with Gasteiger partial charge in [0.05, 0.1) is 12.8 Å². The van der Waals surface area contributed by atoms with Crippen molar-refractivity contribution in [3.8, 4) is 22.3 Å². The number of hydrogen-bond donors (Lipinski definition) is 3. The van der Waals surface area contributed by atoms with Gasteiger partial charge in [-0.05, 0) is 65.3 Å². The number of carbonyl (C=O) groups excluding carboxylic acids is 5. The second-order valence-corrected chi connectivity index (χ2v) is 15.9. The summed E-state index contributed by atoms with van der Waals surface area (Å²) in [6.45, 7) is 5.37. The second-order valence-electron chi connectivity index (χ2n) is 15.9. The number of carboxylic acids is 1. The van der Waals surface area contributed by atoms with Crippen LogP contribution in [0.15, 0.2) is 97.1 Å². The van der Waals surface area contributed by atoms with E-state index in [2.05, 4.69) is 22.8 Å². The molecule has 0 saturated heterocycles. The van der Waals surface area contributed by atoms with Gasteiger partial charge in [-0.3, -0.25) is 9.59 Å². The topological polar surface area (TPSA) is 181 Å². The molecule has 2 aliphatic rings. The molecule has 6 rings (SSSR count). The number of carbonyl (C=O) groups is 6. The number of benzene rings is 4. The minimum absolute atomic E-state index is 0.0772. The number of rotatable bonds is 12. The first-order valence-corrected chi connectivity index (χ1v) is 19.5. The molecule has 2 atom stereocenters. The van der Waals surface area contributed by atoms with Gasteiger partial charge >= 0.3 is 24.1 Å². The average molecular weight is 821 g/mol. The zero-order valence-electron chi connectivity index (χ0n) is 34.9. The summed E-state index contributed by atoms with van der Waals surface area (Å²) >= 11 is 0. The molecular weight excluding hydrogens is 769 g/mol. The summed E-state index contributed by atoms with van der Waals surface area (Å²) in [4.78, 5) is 75.2. The van der Waals surface area contributed by atoms with Gasteiger partial charge in [0, 0.05) is 40.0 Å². The minimum Gasteiger partial charge on any atom is -0.480 e. The van der Waals surface area contributed by atoms with E-state index >= 15 is 0 Å². The van der Waals surface area contributed by atoms with Gasteiger partial charge in [0.15, 0.2) is 0 Å². The van der Waals surface area contributed by atoms with Gasteiger partial charge in [-0.25, -0.2) is 19.2 Å². The second kappa shape index (κ2) is 19.4. The summed E-state index contributed by atoms with van der Waals surface area (Å²) in [5.74, 6) is -2.89. The van der Waals surface area contributed by atoms with Crippen LogP contribution in [0.25, 0.3) is 22.3 Å². The molecule has 0 unspecified atom stereocenters. The molecule has 14 nitrogen and oxygen atoms in total. The third-order valence-electron chi connectivity index (χ3n) is 10.0. The summed E-state index contributed by atoms with van der Waals surface area (Å²) in [6.07, 6.45) is -2.19. The predicted octanol–water partition coefficient (Wildman–Crippen LogP) is 6.17. The first-order chi connectivity index (χ1) is 28.4. The van der Waals surface area contributed by atoms with Crippen LogP contribution < -0.4 is 10.6 Å². The van der Waals surface area contributed by atoms with E-state index in [0.29, 0.717) is 0 Å². The zero-order valence-corrected chi connectivity index (χ0v) is 34.9. The van der Waals surface area contributed by atoms with Crippen molar-refractivity contribution < 1.29 is 48.1 Å². The number of esters is 1. The quantitative estimate of drug-likeness (QED) is 0.111. The molecule has 0 heterocycles. The fourth-order valence-electron chi connectivity index (χ4n) is 7.05. The fourth-order valence-corrected chi connectivity index (χ4v) is 7.05. The van der Waals surface area contributed by atoms with E-state index in [1.807, 2.05) is 84.9 Å². The number of ether oxygens (including phenoxy) is 3. The number of fused-ring (bicyclic) bond motifs is 6. The molecule has 14 heteroatoms. The van der Waals surface area contributed by atoms with Crippen molar-refractivity contribution in [2.24, 2.45) is 0 Å². The molecule has 0 saturated carbocycles. The Morgan fingerprint density at radius 3 is 1.20 bits per heavy atom. The van der Waals surface area contributed by atoms with Crippen molar-refractivity contribution in [1.82, 2.24) is 20.4 Å². The molecule has 4 aromatic rings. The molecule has 0 aliphatic heterocycles. The molecule has 3 N–H and O–H groups in total. The Kier molecular flexibility index (Phi) is 14.3. The van der Waals surface area contributed by atoms with E-state index in [1.165, 1.54) is 23.9 Å². The first kappa shape index (κ1) is 44.4. The maximum absolute atomic E-state index is 12.6. The molecule has 0 radical (unpaired) electrons. The smallest absolute Gasteiger partial charge is 0.407 e. The van der Waals surface area contributed by atoms with Crippen LogP contribution in [0.4, 0.5) is 9.59 Å². The Morgan fingerprint density at radius 2 is 0.883 bits per heavy atom. The van der Waals surface area contributed by atoms with E-state index in [-0.39, 0.29) is 43.8 Å². The van der Waals surface area contributed by atoms with E-state index in [9.17, 15) is 33.9 Å². The number of aliphatic carboxylic acids is 1. The van der Waals surface area contributed by atoms with Crippen LogP contribution in [-0.4, -0.2) is 110 Å². The monoisotopic (exact) mass is 820 g/mol. The predicted molar refractivity (Wildman–Crippen MR) is 224 cm³/mol. The van der Waals surface area contributed by atoms with Gasteiger partial charge in [0.1, 0.15) is 30.9 Å². The lowest BCUT2D eigenvalue weighted by molar-refractivity contribution is -0.159. The van der Waals surface area contributed by atoms with Gasteiger partial charge in [0.25, 0.3) is 0 Å². The molecule has 0 aromatic heterocycles. The van der Waals surface area contributed by atoms with Crippen LogP contribution in [0, 0.1) is 0 Å². The zero-order chi connectivity index (χ0) is 43.7. The molecule has 316 valence electrons. The summed E-state index contributed by atoms with van der Waals surface area (Å²) in [5.41, 5.74) is 8.02. The fraction of sp³-hybridized carbons (Fsp3) is 0.348. The van der Waals surface area contributed by atoms with Crippen molar-refractivity contribution in [2.75, 3.05) is 41.4 Å². The van der Waals surface area contributed by atoms with E-state index < -0.39 is 47.7 Å². The highest BCUT2D eigenvalue weighted by atomic mass is 16.6. The lowest BCUT2D eigenvalue weighted by Crippen LogP contribution is -2.47. The molecule has 4 amide bonds. The van der Waals surface area contributed by atoms with Crippen LogP contribution in [0.5, 0.6) is 0 Å². The molecule has 0 bridgehead atoms. The highest BCUT2D eigenvalue weighted by molar-refractivity contribution is 5.89. The average Bonchev–Trinajstić information content (AvgIpc) is 3.70. The Hall–Kier alpha value is -6.70. The van der Waals surface area contributed by atoms with Crippen LogP contribution in [0.2, 0.25) is 0 Å². The number of alkyl carbamates (subject to hydrolysis) is 2. The van der Waals surface area contributed by atoms with E-state index in [0.717, 1.165) is 44.5 Å². The van der Waals surface area contributed by atoms with Gasteiger partial charge in [-0.15, -0.1) is 0 Å². The molecule has 0 fully saturated rings. The lowest BCUT2D eigenvalue weighted by atomic mass is 9.98. The third-order valence-corrected chi connectivity index (χ3v) is 10.0. The number of amides is 4. The summed E-state index contributed by atoms with van der Waals surface area (Å²) < 4.78 is 16.2. The van der Waals surface area contributed by atoms with Crippen molar-refractivity contribution in [1.29, 1.82) is 0 Å². The Balaban J connectivity index is 0.000000230. The SMILES string of the molecule is CN(C)C(=O)C[C@H](NC(=O)OCC1c2ccccc2-c2ccccc21)C(=O)O.CN(C)C(=O)C[C@H](NC(=O)OCC1c2ccccc2-c2ccccc21)C(=O)OC(C)(C)C. The molecule has 60 heavy (non-hydrogen) atoms. The molecule has 0 spiro atoms. The van der Waals surface area contributed by atoms with Crippen molar-refractivity contribution >= 4 is 35.9 Å². The van der Waals surface area contributed by atoms with Crippen LogP contribution in [-0.2, 0) is 33.4 Å². The third kappa shape index (κ3) is 11.1. The summed E-state index contributed by atoms with van der Waals surface area (Å²) in [7, 11) is 6.21. The van der Waals surface area contributed by atoms with Crippen molar-refractivity contribution in [3.05, 3.63) is 119 Å². The van der Waals surface area contributed by atoms with Crippen molar-refractivity contribution in [3.63, 3.8) is 0 Å². The Bertz CT molecular complexity index is 2140. The maximum atomic E-state index is 12.6. The summed E-state index contributed by atoms with van der Waals surface area (Å²) in [5, 5.41) is 14.0. The highest BCUT2D eigenvalue weighted by Crippen LogP contribution is 2.45. The Morgan fingerprint density at radius 1 is 0.567 bits per heavy atom. The van der Waals surface area contributed by atoms with Crippen LogP contribution >= 0.6 is 0 Å². The largest absolute Gasteiger partial charge is 0.480 e. The normalized spacial score (nSPS) is 13.4. The van der Waals surface area contributed by atoms with Crippen LogP contribution in [0.3, 0.4) is 0 Å². The Labute approximate surface area is 349 Å². The molecular formula is C46H52N4O10. The van der Waals surface area contributed by atoms with Gasteiger partial charge in [0.2, 0.25) is 11.8 Å². The lowest BCUT2D eigenvalue weighted by Gasteiger charge is -2.25. The number of hydrogen-bond acceptors (Lipinski definition) is 9. The number of nitrogens with one attached hydrogen (secondary N) is 2. The van der Waals surface area contributed by atoms with Gasteiger partial charge < -0.3 is 39.8 Å². The molecule has 4 aromatic carbocycles.